The SMILES string of the molecule is CCNC(=O)C(=O)N1C[C@@H]2C[C@H]1CN2C(=O)c1cccc(N2CC=CC2)c1. The number of likely N-dealkylation sites (N-methyl/N-ethyl adjacent to an activating group) is 1. The lowest BCUT2D eigenvalue weighted by Gasteiger charge is -2.34. The minimum atomic E-state index is -0.560. The molecule has 3 heterocycles. The molecule has 2 saturated heterocycles. The molecule has 2 fully saturated rings. The van der Waals surface area contributed by atoms with E-state index in [1.54, 1.807) is 11.8 Å². The van der Waals surface area contributed by atoms with Crippen molar-refractivity contribution >= 4 is 23.4 Å². The Labute approximate surface area is 158 Å². The van der Waals surface area contributed by atoms with Gasteiger partial charge >= 0.3 is 11.8 Å². The van der Waals surface area contributed by atoms with Crippen LogP contribution in [-0.2, 0) is 9.59 Å². The summed E-state index contributed by atoms with van der Waals surface area (Å²) in [4.78, 5) is 42.8. The fourth-order valence-corrected chi connectivity index (χ4v) is 4.22. The van der Waals surface area contributed by atoms with E-state index in [0.29, 0.717) is 25.2 Å². The molecule has 1 aromatic rings. The Morgan fingerprint density at radius 3 is 2.44 bits per heavy atom. The molecule has 142 valence electrons. The highest BCUT2D eigenvalue weighted by atomic mass is 16.2. The molecule has 1 N–H and O–H groups in total. The molecule has 3 amide bonds. The fraction of sp³-hybridized carbons (Fsp3) is 0.450. The number of amides is 3. The number of rotatable bonds is 3. The normalized spacial score (nSPS) is 23.2. The summed E-state index contributed by atoms with van der Waals surface area (Å²) in [5.74, 6) is -1.04. The summed E-state index contributed by atoms with van der Waals surface area (Å²) >= 11 is 0. The number of anilines is 1. The number of hydrogen-bond acceptors (Lipinski definition) is 4. The second-order valence-corrected chi connectivity index (χ2v) is 7.24. The van der Waals surface area contributed by atoms with Crippen LogP contribution in [0.15, 0.2) is 36.4 Å². The van der Waals surface area contributed by atoms with Crippen molar-refractivity contribution in [3.05, 3.63) is 42.0 Å². The predicted molar refractivity (Wildman–Crippen MR) is 101 cm³/mol. The first kappa shape index (κ1) is 17.6. The zero-order chi connectivity index (χ0) is 19.0. The van der Waals surface area contributed by atoms with Crippen LogP contribution in [0.5, 0.6) is 0 Å². The Morgan fingerprint density at radius 2 is 1.78 bits per heavy atom. The number of fused-ring (bicyclic) bond motifs is 2. The summed E-state index contributed by atoms with van der Waals surface area (Å²) in [6, 6.07) is 7.64. The summed E-state index contributed by atoms with van der Waals surface area (Å²) in [5, 5.41) is 2.55. The fourth-order valence-electron chi connectivity index (χ4n) is 4.22. The Bertz CT molecular complexity index is 798. The van der Waals surface area contributed by atoms with Gasteiger partial charge in [-0.2, -0.15) is 0 Å². The van der Waals surface area contributed by atoms with Gasteiger partial charge in [-0.15, -0.1) is 0 Å². The smallest absolute Gasteiger partial charge is 0.312 e. The number of piperazine rings is 1. The number of carbonyl (C=O) groups excluding carboxylic acids is 3. The second kappa shape index (κ2) is 7.06. The number of likely N-dealkylation sites (tertiary alicyclic amines) is 2. The lowest BCUT2D eigenvalue weighted by atomic mass is 10.1. The van der Waals surface area contributed by atoms with Crippen molar-refractivity contribution in [2.45, 2.75) is 25.4 Å². The molecule has 2 bridgehead atoms. The van der Waals surface area contributed by atoms with E-state index < -0.39 is 11.8 Å². The van der Waals surface area contributed by atoms with E-state index in [9.17, 15) is 14.4 Å². The maximum absolute atomic E-state index is 13.0. The third kappa shape index (κ3) is 3.18. The van der Waals surface area contributed by atoms with Gasteiger partial charge in [0.1, 0.15) is 0 Å². The van der Waals surface area contributed by atoms with Crippen molar-refractivity contribution in [3.63, 3.8) is 0 Å². The highest BCUT2D eigenvalue weighted by Gasteiger charge is 2.48. The molecule has 0 aliphatic carbocycles. The molecule has 3 aliphatic rings. The second-order valence-electron chi connectivity index (χ2n) is 7.24. The average molecular weight is 368 g/mol. The molecule has 0 saturated carbocycles. The van der Waals surface area contributed by atoms with Gasteiger partial charge in [0.15, 0.2) is 0 Å². The summed E-state index contributed by atoms with van der Waals surface area (Å²) in [6.45, 7) is 4.87. The number of nitrogens with zero attached hydrogens (tertiary/aromatic N) is 3. The molecular weight excluding hydrogens is 344 g/mol. The topological polar surface area (TPSA) is 73.0 Å². The van der Waals surface area contributed by atoms with Crippen molar-refractivity contribution in [1.82, 2.24) is 15.1 Å². The number of nitrogens with one attached hydrogen (secondary N) is 1. The average Bonchev–Trinajstić information content (AvgIpc) is 3.43. The van der Waals surface area contributed by atoms with E-state index in [1.165, 1.54) is 0 Å². The zero-order valence-corrected chi connectivity index (χ0v) is 15.4. The molecule has 1 aromatic carbocycles. The molecule has 7 nitrogen and oxygen atoms in total. The Kier molecular flexibility index (Phi) is 4.59. The van der Waals surface area contributed by atoms with E-state index in [1.807, 2.05) is 29.2 Å². The van der Waals surface area contributed by atoms with Gasteiger partial charge in [-0.05, 0) is 31.5 Å². The van der Waals surface area contributed by atoms with Gasteiger partial charge in [0, 0.05) is 44.0 Å². The summed E-state index contributed by atoms with van der Waals surface area (Å²) in [5.41, 5.74) is 1.72. The maximum atomic E-state index is 13.0. The molecule has 4 rings (SSSR count). The molecule has 7 heteroatoms. The number of benzene rings is 1. The van der Waals surface area contributed by atoms with Crippen molar-refractivity contribution < 1.29 is 14.4 Å². The molecule has 27 heavy (non-hydrogen) atoms. The molecule has 0 spiro atoms. The lowest BCUT2D eigenvalue weighted by Crippen LogP contribution is -2.53. The van der Waals surface area contributed by atoms with E-state index in [-0.39, 0.29) is 18.0 Å². The quantitative estimate of drug-likeness (QED) is 0.627. The first-order valence-electron chi connectivity index (χ1n) is 9.48. The monoisotopic (exact) mass is 368 g/mol. The number of hydrogen-bond donors (Lipinski definition) is 1. The molecule has 0 radical (unpaired) electrons. The largest absolute Gasteiger partial charge is 0.364 e. The van der Waals surface area contributed by atoms with Crippen LogP contribution in [0.3, 0.4) is 0 Å². The number of carbonyl (C=O) groups is 3. The van der Waals surface area contributed by atoms with Crippen molar-refractivity contribution in [3.8, 4) is 0 Å². The Morgan fingerprint density at radius 1 is 1.07 bits per heavy atom. The van der Waals surface area contributed by atoms with Crippen LogP contribution < -0.4 is 10.2 Å². The minimum absolute atomic E-state index is 0.00150. The van der Waals surface area contributed by atoms with E-state index in [4.69, 9.17) is 0 Å². The van der Waals surface area contributed by atoms with Crippen LogP contribution in [0.25, 0.3) is 0 Å². The van der Waals surface area contributed by atoms with Crippen LogP contribution in [0.2, 0.25) is 0 Å². The van der Waals surface area contributed by atoms with E-state index in [2.05, 4.69) is 22.4 Å². The lowest BCUT2D eigenvalue weighted by molar-refractivity contribution is -0.147. The molecule has 3 aliphatic heterocycles. The van der Waals surface area contributed by atoms with Gasteiger partial charge in [-0.25, -0.2) is 0 Å². The first-order valence-corrected chi connectivity index (χ1v) is 9.48. The van der Waals surface area contributed by atoms with E-state index >= 15 is 0 Å². The van der Waals surface area contributed by atoms with Crippen molar-refractivity contribution in [2.75, 3.05) is 37.6 Å². The third-order valence-electron chi connectivity index (χ3n) is 5.57. The van der Waals surface area contributed by atoms with Gasteiger partial charge in [-0.3, -0.25) is 14.4 Å². The molecule has 0 unspecified atom stereocenters. The van der Waals surface area contributed by atoms with Crippen LogP contribution in [-0.4, -0.2) is 72.3 Å². The van der Waals surface area contributed by atoms with Crippen LogP contribution in [0.1, 0.15) is 23.7 Å². The van der Waals surface area contributed by atoms with Crippen LogP contribution >= 0.6 is 0 Å². The van der Waals surface area contributed by atoms with Gasteiger partial charge in [0.05, 0.1) is 12.1 Å². The summed E-state index contributed by atoms with van der Waals surface area (Å²) < 4.78 is 0. The highest BCUT2D eigenvalue weighted by Crippen LogP contribution is 2.32. The Hall–Kier alpha value is -2.83. The zero-order valence-electron chi connectivity index (χ0n) is 15.4. The highest BCUT2D eigenvalue weighted by molar-refractivity contribution is 6.35. The standard InChI is InChI=1S/C20H24N4O3/c1-2-21-18(25)20(27)24-13-16-11-17(24)12-23(16)19(26)14-6-5-7-15(10-14)22-8-3-4-9-22/h3-7,10,16-17H,2,8-9,11-13H2,1H3,(H,21,25)/t16-,17-/m0/s1. The van der Waals surface area contributed by atoms with Gasteiger partial charge in [0.25, 0.3) is 5.91 Å². The van der Waals surface area contributed by atoms with Gasteiger partial charge in [0.2, 0.25) is 0 Å². The molecule has 0 aromatic heterocycles. The molecular formula is C20H24N4O3. The van der Waals surface area contributed by atoms with Gasteiger partial charge in [-0.1, -0.05) is 18.2 Å². The Balaban J connectivity index is 1.43. The van der Waals surface area contributed by atoms with Crippen molar-refractivity contribution in [2.24, 2.45) is 0 Å². The van der Waals surface area contributed by atoms with Crippen LogP contribution in [0, 0.1) is 0 Å². The minimum Gasteiger partial charge on any atom is -0.364 e. The van der Waals surface area contributed by atoms with Crippen molar-refractivity contribution in [1.29, 1.82) is 0 Å². The first-order chi connectivity index (χ1) is 13.1. The van der Waals surface area contributed by atoms with Crippen LogP contribution in [0.4, 0.5) is 5.69 Å². The maximum Gasteiger partial charge on any atom is 0.312 e. The van der Waals surface area contributed by atoms with Gasteiger partial charge < -0.3 is 20.0 Å². The van der Waals surface area contributed by atoms with E-state index in [0.717, 1.165) is 25.2 Å². The molecule has 2 atom stereocenters. The predicted octanol–water partition coefficient (Wildman–Crippen LogP) is 0.624. The third-order valence-corrected chi connectivity index (χ3v) is 5.57. The summed E-state index contributed by atoms with van der Waals surface area (Å²) in [7, 11) is 0. The summed E-state index contributed by atoms with van der Waals surface area (Å²) in [6.07, 6.45) is 4.98.